The zero-order valence-corrected chi connectivity index (χ0v) is 12.2. The molecule has 1 unspecified atom stereocenters. The highest BCUT2D eigenvalue weighted by atomic mass is 19.1. The van der Waals surface area contributed by atoms with Crippen molar-refractivity contribution in [1.29, 1.82) is 0 Å². The molecule has 126 valence electrons. The Bertz CT molecular complexity index is 770. The molecule has 0 aliphatic rings. The highest BCUT2D eigenvalue weighted by Gasteiger charge is 2.15. The maximum atomic E-state index is 13.5. The van der Waals surface area contributed by atoms with Crippen molar-refractivity contribution >= 4 is 17.4 Å². The number of hydrogen-bond donors (Lipinski definition) is 3. The van der Waals surface area contributed by atoms with E-state index in [2.05, 4.69) is 10.6 Å². The number of aliphatic hydroxyl groups is 1. The standard InChI is InChI=1S/C15H13F2N3O4/c16-9-4-5-12(13(17)6-9)14(21)8-18-15(22)19-10-2-1-3-11(7-10)20(23)24/h1-7,14,21H,8H2,(H2,18,19,22). The minimum atomic E-state index is -1.37. The van der Waals surface area contributed by atoms with Crippen molar-refractivity contribution in [3.63, 3.8) is 0 Å². The van der Waals surface area contributed by atoms with Crippen LogP contribution < -0.4 is 10.6 Å². The van der Waals surface area contributed by atoms with Gasteiger partial charge in [0.2, 0.25) is 0 Å². The number of halogens is 2. The molecule has 1 atom stereocenters. The van der Waals surface area contributed by atoms with Gasteiger partial charge in [0.15, 0.2) is 0 Å². The second-order valence-corrected chi connectivity index (χ2v) is 4.82. The average molecular weight is 337 g/mol. The van der Waals surface area contributed by atoms with Gasteiger partial charge in [0.05, 0.1) is 11.0 Å². The molecule has 0 radical (unpaired) electrons. The lowest BCUT2D eigenvalue weighted by atomic mass is 10.1. The van der Waals surface area contributed by atoms with Crippen LogP contribution in [-0.2, 0) is 0 Å². The number of hydrogen-bond acceptors (Lipinski definition) is 4. The largest absolute Gasteiger partial charge is 0.386 e. The Kier molecular flexibility index (Phi) is 5.38. The molecule has 0 bridgehead atoms. The molecule has 24 heavy (non-hydrogen) atoms. The predicted molar refractivity (Wildman–Crippen MR) is 81.4 cm³/mol. The molecule has 2 aromatic carbocycles. The van der Waals surface area contributed by atoms with Gasteiger partial charge in [0.25, 0.3) is 5.69 Å². The summed E-state index contributed by atoms with van der Waals surface area (Å²) in [6, 6.07) is 7.23. The first-order valence-electron chi connectivity index (χ1n) is 6.79. The fraction of sp³-hybridized carbons (Fsp3) is 0.133. The van der Waals surface area contributed by atoms with Crippen LogP contribution in [0.2, 0.25) is 0 Å². The van der Waals surface area contributed by atoms with Gasteiger partial charge in [0.1, 0.15) is 11.6 Å². The van der Waals surface area contributed by atoms with Gasteiger partial charge >= 0.3 is 6.03 Å². The summed E-state index contributed by atoms with van der Waals surface area (Å²) in [6.07, 6.45) is -1.37. The third kappa shape index (κ3) is 4.46. The molecular weight excluding hydrogens is 324 g/mol. The van der Waals surface area contributed by atoms with Gasteiger partial charge in [-0.05, 0) is 12.1 Å². The molecule has 2 amide bonds. The zero-order valence-electron chi connectivity index (χ0n) is 12.2. The molecule has 9 heteroatoms. The molecule has 2 aromatic rings. The minimum absolute atomic E-state index is 0.160. The number of carbonyl (C=O) groups is 1. The van der Waals surface area contributed by atoms with E-state index in [4.69, 9.17) is 0 Å². The van der Waals surface area contributed by atoms with Crippen LogP contribution in [0.5, 0.6) is 0 Å². The molecule has 7 nitrogen and oxygen atoms in total. The maximum absolute atomic E-state index is 13.5. The van der Waals surface area contributed by atoms with Gasteiger partial charge < -0.3 is 15.7 Å². The Hall–Kier alpha value is -3.07. The van der Waals surface area contributed by atoms with Gasteiger partial charge in [0, 0.05) is 36.0 Å². The first kappa shape index (κ1) is 17.3. The first-order chi connectivity index (χ1) is 11.4. The Morgan fingerprint density at radius 3 is 2.67 bits per heavy atom. The van der Waals surface area contributed by atoms with Crippen molar-refractivity contribution in [2.75, 3.05) is 11.9 Å². The number of nitrogens with one attached hydrogen (secondary N) is 2. The van der Waals surface area contributed by atoms with Crippen LogP contribution >= 0.6 is 0 Å². The van der Waals surface area contributed by atoms with Gasteiger partial charge in [-0.25, -0.2) is 13.6 Å². The number of benzene rings is 2. The SMILES string of the molecule is O=C(NCC(O)c1ccc(F)cc1F)Nc1cccc([N+](=O)[O-])c1. The Balaban J connectivity index is 1.93. The Labute approximate surface area is 135 Å². The monoisotopic (exact) mass is 337 g/mol. The Morgan fingerprint density at radius 2 is 2.00 bits per heavy atom. The summed E-state index contributed by atoms with van der Waals surface area (Å²) in [5.74, 6) is -1.71. The second-order valence-electron chi connectivity index (χ2n) is 4.82. The van der Waals surface area contributed by atoms with Crippen molar-refractivity contribution in [2.24, 2.45) is 0 Å². The van der Waals surface area contributed by atoms with Crippen LogP contribution in [0.3, 0.4) is 0 Å². The molecule has 2 rings (SSSR count). The summed E-state index contributed by atoms with van der Waals surface area (Å²) in [5, 5.41) is 25.1. The molecule has 0 aliphatic heterocycles. The van der Waals surface area contributed by atoms with Crippen molar-refractivity contribution in [2.45, 2.75) is 6.10 Å². The maximum Gasteiger partial charge on any atom is 0.319 e. The highest BCUT2D eigenvalue weighted by molar-refractivity contribution is 5.89. The van der Waals surface area contributed by atoms with E-state index >= 15 is 0 Å². The number of non-ortho nitro benzene ring substituents is 1. The highest BCUT2D eigenvalue weighted by Crippen LogP contribution is 2.18. The Morgan fingerprint density at radius 1 is 1.25 bits per heavy atom. The van der Waals surface area contributed by atoms with Crippen molar-refractivity contribution in [3.05, 3.63) is 69.8 Å². The van der Waals surface area contributed by atoms with E-state index in [1.165, 1.54) is 18.2 Å². The second kappa shape index (κ2) is 7.47. The summed E-state index contributed by atoms with van der Waals surface area (Å²) in [4.78, 5) is 21.8. The van der Waals surface area contributed by atoms with Gasteiger partial charge in [-0.2, -0.15) is 0 Å². The lowest BCUT2D eigenvalue weighted by Crippen LogP contribution is -2.32. The topological polar surface area (TPSA) is 104 Å². The summed E-state index contributed by atoms with van der Waals surface area (Å²) in [7, 11) is 0. The van der Waals surface area contributed by atoms with E-state index in [0.29, 0.717) is 6.07 Å². The molecule has 0 saturated heterocycles. The van der Waals surface area contributed by atoms with Gasteiger partial charge in [-0.3, -0.25) is 10.1 Å². The van der Waals surface area contributed by atoms with E-state index in [9.17, 15) is 28.8 Å². The lowest BCUT2D eigenvalue weighted by molar-refractivity contribution is -0.384. The number of anilines is 1. The summed E-state index contributed by atoms with van der Waals surface area (Å²) in [6.45, 7) is -0.330. The van der Waals surface area contributed by atoms with E-state index in [-0.39, 0.29) is 23.5 Å². The van der Waals surface area contributed by atoms with Crippen LogP contribution in [0.4, 0.5) is 25.0 Å². The van der Waals surface area contributed by atoms with Crippen LogP contribution in [0.1, 0.15) is 11.7 Å². The summed E-state index contributed by atoms with van der Waals surface area (Å²) >= 11 is 0. The third-order valence-electron chi connectivity index (χ3n) is 3.09. The van der Waals surface area contributed by atoms with Crippen LogP contribution in [-0.4, -0.2) is 22.6 Å². The molecular formula is C15H13F2N3O4. The smallest absolute Gasteiger partial charge is 0.319 e. The number of aliphatic hydroxyl groups excluding tert-OH is 1. The number of amides is 2. The van der Waals surface area contributed by atoms with E-state index < -0.39 is 28.7 Å². The molecule has 0 fully saturated rings. The van der Waals surface area contributed by atoms with E-state index in [1.54, 1.807) is 0 Å². The third-order valence-corrected chi connectivity index (χ3v) is 3.09. The summed E-state index contributed by atoms with van der Waals surface area (Å²) in [5.41, 5.74) is -0.169. The molecule has 3 N–H and O–H groups in total. The van der Waals surface area contributed by atoms with Gasteiger partial charge in [-0.1, -0.05) is 12.1 Å². The number of rotatable bonds is 5. The number of nitro groups is 1. The fourth-order valence-electron chi connectivity index (χ4n) is 1.94. The number of carbonyl (C=O) groups excluding carboxylic acids is 1. The minimum Gasteiger partial charge on any atom is -0.386 e. The van der Waals surface area contributed by atoms with Gasteiger partial charge in [-0.15, -0.1) is 0 Å². The molecule has 0 heterocycles. The number of nitrogens with zero attached hydrogens (tertiary/aromatic N) is 1. The molecule has 0 saturated carbocycles. The average Bonchev–Trinajstić information content (AvgIpc) is 2.53. The van der Waals surface area contributed by atoms with Crippen molar-refractivity contribution in [1.82, 2.24) is 5.32 Å². The van der Waals surface area contributed by atoms with E-state index in [0.717, 1.165) is 18.2 Å². The van der Waals surface area contributed by atoms with Crippen molar-refractivity contribution < 1.29 is 23.6 Å². The van der Waals surface area contributed by atoms with Crippen LogP contribution in [0, 0.1) is 21.7 Å². The fourth-order valence-corrected chi connectivity index (χ4v) is 1.94. The first-order valence-corrected chi connectivity index (χ1v) is 6.79. The number of urea groups is 1. The molecule has 0 aromatic heterocycles. The zero-order chi connectivity index (χ0) is 17.7. The molecule has 0 aliphatic carbocycles. The predicted octanol–water partition coefficient (Wildman–Crippen LogP) is 2.73. The quantitative estimate of drug-likeness (QED) is 0.576. The summed E-state index contributed by atoms with van der Waals surface area (Å²) < 4.78 is 26.3. The normalized spacial score (nSPS) is 11.6. The van der Waals surface area contributed by atoms with Crippen LogP contribution in [0.25, 0.3) is 0 Å². The molecule has 0 spiro atoms. The number of nitro benzene ring substituents is 1. The van der Waals surface area contributed by atoms with Crippen LogP contribution in [0.15, 0.2) is 42.5 Å². The van der Waals surface area contributed by atoms with Crippen molar-refractivity contribution in [3.8, 4) is 0 Å². The lowest BCUT2D eigenvalue weighted by Gasteiger charge is -2.13. The van der Waals surface area contributed by atoms with E-state index in [1.807, 2.05) is 0 Å².